The van der Waals surface area contributed by atoms with Crippen molar-refractivity contribution in [1.82, 2.24) is 5.16 Å². The summed E-state index contributed by atoms with van der Waals surface area (Å²) in [6.07, 6.45) is 0. The van der Waals surface area contributed by atoms with Crippen LogP contribution in [-0.2, 0) is 0 Å². The highest BCUT2D eigenvalue weighted by molar-refractivity contribution is 6.31. The number of amides is 1. The second-order valence-corrected chi connectivity index (χ2v) is 5.06. The standard InChI is InChI=1S/C16H12ClN3O2/c17-11-6-7-13(18)12(8-11)16(21)19-15-9-14(20-22-15)10-4-2-1-3-5-10/h1-9H,18H2,(H,19,21). The first-order valence-electron chi connectivity index (χ1n) is 6.52. The number of nitrogens with two attached hydrogens (primary N) is 1. The maximum absolute atomic E-state index is 12.2. The Morgan fingerprint density at radius 1 is 1.14 bits per heavy atom. The molecule has 0 aliphatic rings. The first-order valence-corrected chi connectivity index (χ1v) is 6.90. The van der Waals surface area contributed by atoms with Crippen molar-refractivity contribution in [1.29, 1.82) is 0 Å². The Morgan fingerprint density at radius 2 is 1.91 bits per heavy atom. The predicted molar refractivity (Wildman–Crippen MR) is 85.8 cm³/mol. The van der Waals surface area contributed by atoms with Crippen molar-refractivity contribution < 1.29 is 9.32 Å². The summed E-state index contributed by atoms with van der Waals surface area (Å²) in [7, 11) is 0. The van der Waals surface area contributed by atoms with E-state index in [0.717, 1.165) is 5.56 Å². The van der Waals surface area contributed by atoms with Crippen LogP contribution >= 0.6 is 11.6 Å². The van der Waals surface area contributed by atoms with E-state index in [4.69, 9.17) is 21.9 Å². The van der Waals surface area contributed by atoms with E-state index >= 15 is 0 Å². The van der Waals surface area contributed by atoms with Gasteiger partial charge < -0.3 is 10.3 Å². The van der Waals surface area contributed by atoms with Gasteiger partial charge in [-0.05, 0) is 18.2 Å². The number of nitrogen functional groups attached to an aromatic ring is 1. The molecule has 1 amide bonds. The first kappa shape index (κ1) is 14.2. The normalized spacial score (nSPS) is 10.4. The van der Waals surface area contributed by atoms with Gasteiger partial charge in [0.05, 0.1) is 5.56 Å². The molecule has 3 aromatic rings. The number of benzene rings is 2. The highest BCUT2D eigenvalue weighted by Gasteiger charge is 2.14. The molecule has 0 atom stereocenters. The minimum atomic E-state index is -0.407. The molecular formula is C16H12ClN3O2. The average molecular weight is 314 g/mol. The fourth-order valence-corrected chi connectivity index (χ4v) is 2.16. The Labute approximate surface area is 131 Å². The van der Waals surface area contributed by atoms with Gasteiger partial charge >= 0.3 is 0 Å². The Morgan fingerprint density at radius 3 is 2.68 bits per heavy atom. The van der Waals surface area contributed by atoms with Gasteiger partial charge in [0, 0.05) is 22.3 Å². The van der Waals surface area contributed by atoms with Crippen LogP contribution in [0, 0.1) is 0 Å². The third kappa shape index (κ3) is 2.94. The van der Waals surface area contributed by atoms with Gasteiger partial charge in [-0.25, -0.2) is 0 Å². The van der Waals surface area contributed by atoms with E-state index in [1.165, 1.54) is 6.07 Å². The molecule has 0 saturated heterocycles. The molecule has 22 heavy (non-hydrogen) atoms. The zero-order valence-electron chi connectivity index (χ0n) is 11.4. The van der Waals surface area contributed by atoms with Gasteiger partial charge in [0.25, 0.3) is 5.91 Å². The number of anilines is 2. The highest BCUT2D eigenvalue weighted by Crippen LogP contribution is 2.23. The van der Waals surface area contributed by atoms with Crippen LogP contribution in [0.2, 0.25) is 5.02 Å². The van der Waals surface area contributed by atoms with Crippen LogP contribution in [0.5, 0.6) is 0 Å². The molecule has 3 N–H and O–H groups in total. The van der Waals surface area contributed by atoms with Gasteiger partial charge in [-0.15, -0.1) is 0 Å². The van der Waals surface area contributed by atoms with E-state index in [1.807, 2.05) is 30.3 Å². The van der Waals surface area contributed by atoms with Gasteiger partial charge in [-0.2, -0.15) is 0 Å². The average Bonchev–Trinajstić information content (AvgIpc) is 2.99. The summed E-state index contributed by atoms with van der Waals surface area (Å²) in [4.78, 5) is 12.2. The molecule has 0 bridgehead atoms. The Kier molecular flexibility index (Phi) is 3.80. The van der Waals surface area contributed by atoms with Crippen molar-refractivity contribution in [3.05, 3.63) is 65.2 Å². The van der Waals surface area contributed by atoms with Crippen LogP contribution in [0.4, 0.5) is 11.6 Å². The maximum atomic E-state index is 12.2. The third-order valence-corrected chi connectivity index (χ3v) is 3.31. The molecular weight excluding hydrogens is 302 g/mol. The smallest absolute Gasteiger partial charge is 0.260 e. The monoisotopic (exact) mass is 313 g/mol. The second kappa shape index (κ2) is 5.91. The number of aromatic nitrogens is 1. The molecule has 110 valence electrons. The summed E-state index contributed by atoms with van der Waals surface area (Å²) in [6, 6.07) is 15.9. The summed E-state index contributed by atoms with van der Waals surface area (Å²) >= 11 is 5.88. The Bertz CT molecular complexity index is 815. The largest absolute Gasteiger partial charge is 0.398 e. The topological polar surface area (TPSA) is 81.2 Å². The SMILES string of the molecule is Nc1ccc(Cl)cc1C(=O)Nc1cc(-c2ccccc2)no1. The minimum absolute atomic E-state index is 0.239. The van der Waals surface area contributed by atoms with E-state index in [9.17, 15) is 4.79 Å². The van der Waals surface area contributed by atoms with Crippen molar-refractivity contribution >= 4 is 29.1 Å². The lowest BCUT2D eigenvalue weighted by Crippen LogP contribution is -2.13. The number of halogens is 1. The number of hydrogen-bond donors (Lipinski definition) is 2. The number of hydrogen-bond acceptors (Lipinski definition) is 4. The van der Waals surface area contributed by atoms with Crippen LogP contribution in [0.25, 0.3) is 11.3 Å². The van der Waals surface area contributed by atoms with Crippen molar-refractivity contribution in [3.8, 4) is 11.3 Å². The van der Waals surface area contributed by atoms with Gasteiger partial charge in [-0.1, -0.05) is 47.1 Å². The predicted octanol–water partition coefficient (Wildman–Crippen LogP) is 3.83. The molecule has 0 aliphatic heterocycles. The first-order chi connectivity index (χ1) is 10.6. The van der Waals surface area contributed by atoms with E-state index in [-0.39, 0.29) is 11.4 Å². The number of rotatable bonds is 3. The molecule has 5 nitrogen and oxygen atoms in total. The zero-order chi connectivity index (χ0) is 15.5. The molecule has 1 heterocycles. The van der Waals surface area contributed by atoms with E-state index < -0.39 is 5.91 Å². The van der Waals surface area contributed by atoms with Crippen LogP contribution in [-0.4, -0.2) is 11.1 Å². The molecule has 6 heteroatoms. The van der Waals surface area contributed by atoms with Crippen LogP contribution in [0.3, 0.4) is 0 Å². The highest BCUT2D eigenvalue weighted by atomic mass is 35.5. The molecule has 0 fully saturated rings. The van der Waals surface area contributed by atoms with Gasteiger partial charge in [0.15, 0.2) is 0 Å². The summed E-state index contributed by atoms with van der Waals surface area (Å²) in [5.74, 6) is -0.168. The molecule has 2 aromatic carbocycles. The molecule has 0 saturated carbocycles. The lowest BCUT2D eigenvalue weighted by molar-refractivity contribution is 0.102. The minimum Gasteiger partial charge on any atom is -0.398 e. The summed E-state index contributed by atoms with van der Waals surface area (Å²) in [6.45, 7) is 0. The summed E-state index contributed by atoms with van der Waals surface area (Å²) in [5.41, 5.74) is 7.93. The van der Waals surface area contributed by atoms with Crippen molar-refractivity contribution in [2.24, 2.45) is 0 Å². The second-order valence-electron chi connectivity index (χ2n) is 4.63. The molecule has 3 rings (SSSR count). The molecule has 1 aromatic heterocycles. The quantitative estimate of drug-likeness (QED) is 0.720. The third-order valence-electron chi connectivity index (χ3n) is 3.08. The molecule has 0 radical (unpaired) electrons. The van der Waals surface area contributed by atoms with Crippen LogP contribution < -0.4 is 11.1 Å². The van der Waals surface area contributed by atoms with Gasteiger partial charge in [0.2, 0.25) is 5.88 Å². The van der Waals surface area contributed by atoms with Crippen molar-refractivity contribution in [2.75, 3.05) is 11.1 Å². The van der Waals surface area contributed by atoms with Crippen LogP contribution in [0.1, 0.15) is 10.4 Å². The molecule has 0 unspecified atom stereocenters. The molecule has 0 aliphatic carbocycles. The Balaban J connectivity index is 1.81. The zero-order valence-corrected chi connectivity index (χ0v) is 12.2. The lowest BCUT2D eigenvalue weighted by Gasteiger charge is -2.05. The van der Waals surface area contributed by atoms with Crippen molar-refractivity contribution in [2.45, 2.75) is 0 Å². The van der Waals surface area contributed by atoms with E-state index in [0.29, 0.717) is 16.4 Å². The van der Waals surface area contributed by atoms with Gasteiger partial charge in [0.1, 0.15) is 5.69 Å². The van der Waals surface area contributed by atoms with Gasteiger partial charge in [-0.3, -0.25) is 10.1 Å². The Hall–Kier alpha value is -2.79. The number of nitrogens with zero attached hydrogens (tertiary/aromatic N) is 1. The molecule has 0 spiro atoms. The number of carbonyl (C=O) groups excluding carboxylic acids is 1. The fraction of sp³-hybridized carbons (Fsp3) is 0. The van der Waals surface area contributed by atoms with E-state index in [1.54, 1.807) is 18.2 Å². The lowest BCUT2D eigenvalue weighted by atomic mass is 10.1. The number of nitrogens with one attached hydrogen (secondary N) is 1. The van der Waals surface area contributed by atoms with Crippen molar-refractivity contribution in [3.63, 3.8) is 0 Å². The van der Waals surface area contributed by atoms with E-state index in [2.05, 4.69) is 10.5 Å². The summed E-state index contributed by atoms with van der Waals surface area (Å²) < 4.78 is 5.13. The fourth-order valence-electron chi connectivity index (χ4n) is 1.98. The van der Waals surface area contributed by atoms with Crippen LogP contribution in [0.15, 0.2) is 59.1 Å². The summed E-state index contributed by atoms with van der Waals surface area (Å²) in [5, 5.41) is 6.97. The number of carbonyl (C=O) groups is 1. The maximum Gasteiger partial charge on any atom is 0.260 e.